The van der Waals surface area contributed by atoms with E-state index in [0.717, 1.165) is 14.9 Å². The van der Waals surface area contributed by atoms with Gasteiger partial charge in [-0.3, -0.25) is 4.79 Å². The van der Waals surface area contributed by atoms with E-state index in [1.165, 1.54) is 11.3 Å². The van der Waals surface area contributed by atoms with E-state index < -0.39 is 0 Å². The standard InChI is InChI=1S/C13H9BrOS/c14-11-6-3-10(4-7-11)5-8-12(15)13-2-1-9-16-13/h1-9H/b8-5-. The summed E-state index contributed by atoms with van der Waals surface area (Å²) in [5, 5.41) is 1.90. The Kier molecular flexibility index (Phi) is 3.70. The fourth-order valence-corrected chi connectivity index (χ4v) is 2.16. The molecule has 0 aliphatic heterocycles. The normalized spacial score (nSPS) is 10.8. The van der Waals surface area contributed by atoms with Crippen molar-refractivity contribution in [3.63, 3.8) is 0 Å². The van der Waals surface area contributed by atoms with Crippen molar-refractivity contribution in [1.29, 1.82) is 0 Å². The van der Waals surface area contributed by atoms with Crippen LogP contribution in [-0.4, -0.2) is 5.78 Å². The molecule has 0 aliphatic carbocycles. The summed E-state index contributed by atoms with van der Waals surface area (Å²) in [7, 11) is 0. The Labute approximate surface area is 107 Å². The molecule has 80 valence electrons. The van der Waals surface area contributed by atoms with Crippen LogP contribution in [0.2, 0.25) is 0 Å². The number of carbonyl (C=O) groups excluding carboxylic acids is 1. The van der Waals surface area contributed by atoms with Crippen molar-refractivity contribution in [3.8, 4) is 0 Å². The van der Waals surface area contributed by atoms with Crippen molar-refractivity contribution in [3.05, 3.63) is 62.8 Å². The highest BCUT2D eigenvalue weighted by Gasteiger charge is 2.00. The molecule has 1 aromatic heterocycles. The lowest BCUT2D eigenvalue weighted by Crippen LogP contribution is -1.88. The number of benzene rings is 1. The SMILES string of the molecule is O=C(/C=C\c1ccc(Br)cc1)c1cccs1. The van der Waals surface area contributed by atoms with Crippen LogP contribution < -0.4 is 0 Å². The van der Waals surface area contributed by atoms with E-state index in [2.05, 4.69) is 15.9 Å². The molecule has 3 heteroatoms. The number of rotatable bonds is 3. The quantitative estimate of drug-likeness (QED) is 0.605. The molecule has 0 bridgehead atoms. The Balaban J connectivity index is 2.10. The first-order chi connectivity index (χ1) is 7.75. The van der Waals surface area contributed by atoms with Crippen molar-refractivity contribution in [2.24, 2.45) is 0 Å². The predicted octanol–water partition coefficient (Wildman–Crippen LogP) is 4.41. The third kappa shape index (κ3) is 2.90. The first-order valence-electron chi connectivity index (χ1n) is 4.77. The van der Waals surface area contributed by atoms with Gasteiger partial charge < -0.3 is 0 Å². The summed E-state index contributed by atoms with van der Waals surface area (Å²) < 4.78 is 1.04. The highest BCUT2D eigenvalue weighted by molar-refractivity contribution is 9.10. The summed E-state index contributed by atoms with van der Waals surface area (Å²) >= 11 is 4.83. The van der Waals surface area contributed by atoms with Crippen LogP contribution in [0.4, 0.5) is 0 Å². The van der Waals surface area contributed by atoms with Crippen LogP contribution in [0.25, 0.3) is 6.08 Å². The van der Waals surface area contributed by atoms with Crippen LogP contribution in [0.5, 0.6) is 0 Å². The molecule has 0 N–H and O–H groups in total. The Bertz CT molecular complexity index is 497. The monoisotopic (exact) mass is 292 g/mol. The van der Waals surface area contributed by atoms with Gasteiger partial charge in [0, 0.05) is 4.47 Å². The lowest BCUT2D eigenvalue weighted by Gasteiger charge is -1.93. The summed E-state index contributed by atoms with van der Waals surface area (Å²) in [5.41, 5.74) is 1.02. The van der Waals surface area contributed by atoms with Gasteiger partial charge in [-0.2, -0.15) is 0 Å². The number of carbonyl (C=O) groups is 1. The van der Waals surface area contributed by atoms with E-state index in [4.69, 9.17) is 0 Å². The first-order valence-corrected chi connectivity index (χ1v) is 6.44. The summed E-state index contributed by atoms with van der Waals surface area (Å²) in [6.45, 7) is 0. The highest BCUT2D eigenvalue weighted by atomic mass is 79.9. The van der Waals surface area contributed by atoms with Gasteiger partial charge in [0.05, 0.1) is 4.88 Å². The molecular formula is C13H9BrOS. The molecule has 0 atom stereocenters. The number of halogens is 1. The molecule has 1 aromatic carbocycles. The zero-order valence-corrected chi connectivity index (χ0v) is 10.8. The second-order valence-corrected chi connectivity index (χ2v) is 5.09. The number of ketones is 1. The van der Waals surface area contributed by atoms with Crippen LogP contribution in [-0.2, 0) is 0 Å². The Morgan fingerprint density at radius 3 is 2.56 bits per heavy atom. The summed E-state index contributed by atoms with van der Waals surface area (Å²) in [4.78, 5) is 12.4. The molecule has 1 heterocycles. The van der Waals surface area contributed by atoms with E-state index in [0.29, 0.717) is 0 Å². The molecule has 2 rings (SSSR count). The second-order valence-electron chi connectivity index (χ2n) is 3.23. The van der Waals surface area contributed by atoms with Crippen molar-refractivity contribution in [1.82, 2.24) is 0 Å². The van der Waals surface area contributed by atoms with Crippen molar-refractivity contribution in [2.45, 2.75) is 0 Å². The zero-order chi connectivity index (χ0) is 11.4. The number of thiophene rings is 1. The smallest absolute Gasteiger partial charge is 0.195 e. The van der Waals surface area contributed by atoms with Gasteiger partial charge in [0.2, 0.25) is 0 Å². The lowest BCUT2D eigenvalue weighted by atomic mass is 10.2. The molecule has 2 aromatic rings. The predicted molar refractivity (Wildman–Crippen MR) is 71.8 cm³/mol. The van der Waals surface area contributed by atoms with Gasteiger partial charge in [0.25, 0.3) is 0 Å². The van der Waals surface area contributed by atoms with Gasteiger partial charge in [-0.25, -0.2) is 0 Å². The maximum atomic E-state index is 11.7. The molecule has 16 heavy (non-hydrogen) atoms. The summed E-state index contributed by atoms with van der Waals surface area (Å²) in [5.74, 6) is 0.0536. The van der Waals surface area contributed by atoms with E-state index in [1.807, 2.05) is 47.9 Å². The second kappa shape index (κ2) is 5.23. The molecule has 0 aliphatic rings. The fourth-order valence-electron chi connectivity index (χ4n) is 1.25. The van der Waals surface area contributed by atoms with Gasteiger partial charge >= 0.3 is 0 Å². The minimum Gasteiger partial charge on any atom is -0.288 e. The van der Waals surface area contributed by atoms with Crippen molar-refractivity contribution in [2.75, 3.05) is 0 Å². The molecular weight excluding hydrogens is 284 g/mol. The van der Waals surface area contributed by atoms with Crippen LogP contribution in [0.1, 0.15) is 15.2 Å². The molecule has 1 nitrogen and oxygen atoms in total. The Morgan fingerprint density at radius 2 is 1.94 bits per heavy atom. The Morgan fingerprint density at radius 1 is 1.19 bits per heavy atom. The summed E-state index contributed by atoms with van der Waals surface area (Å²) in [6, 6.07) is 11.5. The number of allylic oxidation sites excluding steroid dienone is 1. The van der Waals surface area contributed by atoms with E-state index in [-0.39, 0.29) is 5.78 Å². The largest absolute Gasteiger partial charge is 0.288 e. The third-order valence-corrected chi connectivity index (χ3v) is 3.47. The van der Waals surface area contributed by atoms with Crippen LogP contribution in [0, 0.1) is 0 Å². The fraction of sp³-hybridized carbons (Fsp3) is 0. The molecule has 0 saturated carbocycles. The molecule has 0 unspecified atom stereocenters. The topological polar surface area (TPSA) is 17.1 Å². The van der Waals surface area contributed by atoms with Crippen LogP contribution >= 0.6 is 27.3 Å². The minimum absolute atomic E-state index is 0.0536. The zero-order valence-electron chi connectivity index (χ0n) is 8.39. The number of hydrogen-bond donors (Lipinski definition) is 0. The minimum atomic E-state index is 0.0536. The average molecular weight is 293 g/mol. The first kappa shape index (κ1) is 11.3. The Hall–Kier alpha value is -1.19. The molecule has 0 saturated heterocycles. The maximum absolute atomic E-state index is 11.7. The molecule has 0 spiro atoms. The van der Waals surface area contributed by atoms with Gasteiger partial charge in [0.15, 0.2) is 5.78 Å². The lowest BCUT2D eigenvalue weighted by molar-refractivity contribution is 0.105. The van der Waals surface area contributed by atoms with Gasteiger partial charge in [-0.05, 0) is 35.2 Å². The van der Waals surface area contributed by atoms with Gasteiger partial charge in [-0.1, -0.05) is 40.2 Å². The van der Waals surface area contributed by atoms with E-state index >= 15 is 0 Å². The summed E-state index contributed by atoms with van der Waals surface area (Å²) in [6.07, 6.45) is 3.43. The molecule has 0 amide bonds. The maximum Gasteiger partial charge on any atom is 0.195 e. The van der Waals surface area contributed by atoms with Gasteiger partial charge in [0.1, 0.15) is 0 Å². The number of hydrogen-bond acceptors (Lipinski definition) is 2. The third-order valence-electron chi connectivity index (χ3n) is 2.06. The van der Waals surface area contributed by atoms with Crippen LogP contribution in [0.3, 0.4) is 0 Å². The molecule has 0 fully saturated rings. The van der Waals surface area contributed by atoms with Crippen LogP contribution in [0.15, 0.2) is 52.3 Å². The van der Waals surface area contributed by atoms with Gasteiger partial charge in [-0.15, -0.1) is 11.3 Å². The average Bonchev–Trinajstić information content (AvgIpc) is 2.81. The molecule has 0 radical (unpaired) electrons. The van der Waals surface area contributed by atoms with E-state index in [1.54, 1.807) is 6.08 Å². The van der Waals surface area contributed by atoms with E-state index in [9.17, 15) is 4.79 Å². The highest BCUT2D eigenvalue weighted by Crippen LogP contribution is 2.13. The van der Waals surface area contributed by atoms with Crippen molar-refractivity contribution < 1.29 is 4.79 Å². The van der Waals surface area contributed by atoms with Crippen molar-refractivity contribution >= 4 is 39.1 Å².